The van der Waals surface area contributed by atoms with Crippen LogP contribution in [0.5, 0.6) is 0 Å². The van der Waals surface area contributed by atoms with Crippen LogP contribution in [0.4, 0.5) is 11.4 Å². The number of aryl methyl sites for hydroxylation is 2. The smallest absolute Gasteiger partial charge is 0.413 e. The van der Waals surface area contributed by atoms with E-state index in [1.54, 1.807) is 0 Å². The fourth-order valence-corrected chi connectivity index (χ4v) is 4.65. The Hall–Kier alpha value is -2.93. The van der Waals surface area contributed by atoms with Crippen LogP contribution < -0.4 is 21.4 Å². The molecule has 0 aliphatic carbocycles. The fraction of sp³-hybridized carbons (Fsp3) is 0.250. The van der Waals surface area contributed by atoms with Crippen molar-refractivity contribution in [1.82, 2.24) is 0 Å². The van der Waals surface area contributed by atoms with Crippen molar-refractivity contribution < 1.29 is 14.0 Å². The average Bonchev–Trinajstić information content (AvgIpc) is 2.97. The van der Waals surface area contributed by atoms with Gasteiger partial charge in [-0.25, -0.2) is 0 Å². The number of halogens is 2. The van der Waals surface area contributed by atoms with E-state index in [2.05, 4.69) is 59.0 Å². The Morgan fingerprint density at radius 3 is 1.32 bits per heavy atom. The second-order valence-corrected chi connectivity index (χ2v) is 10.7. The first-order valence-corrected chi connectivity index (χ1v) is 14.7. The van der Waals surface area contributed by atoms with Crippen LogP contribution in [0.3, 0.4) is 0 Å². The first-order valence-electron chi connectivity index (χ1n) is 13.9. The van der Waals surface area contributed by atoms with Gasteiger partial charge in [0.15, 0.2) is 0 Å². The highest BCUT2D eigenvalue weighted by Crippen LogP contribution is 2.21. The summed E-state index contributed by atoms with van der Waals surface area (Å²) >= 11 is 12.4. The molecule has 0 saturated carbocycles. The van der Waals surface area contributed by atoms with Gasteiger partial charge in [0.25, 0.3) is 0 Å². The van der Waals surface area contributed by atoms with Gasteiger partial charge in [-0.1, -0.05) is 71.7 Å². The summed E-state index contributed by atoms with van der Waals surface area (Å²) in [6.07, 6.45) is 0. The summed E-state index contributed by atoms with van der Waals surface area (Å²) in [7, 11) is -0.513. The van der Waals surface area contributed by atoms with Gasteiger partial charge in [-0.3, -0.25) is 0 Å². The number of rotatable bonds is 14. The Morgan fingerprint density at radius 2 is 0.976 bits per heavy atom. The number of nitrogens with one attached hydrogen (secondary N) is 2. The Morgan fingerprint density at radius 1 is 0.585 bits per heavy atom. The van der Waals surface area contributed by atoms with Crippen LogP contribution in [0.2, 0.25) is 10.0 Å². The zero-order valence-electron chi connectivity index (χ0n) is 24.0. The van der Waals surface area contributed by atoms with E-state index in [9.17, 15) is 0 Å². The minimum absolute atomic E-state index is 0.257. The second-order valence-electron chi connectivity index (χ2n) is 9.86. The van der Waals surface area contributed by atoms with E-state index in [0.29, 0.717) is 26.4 Å². The Labute approximate surface area is 254 Å². The highest BCUT2D eigenvalue weighted by Gasteiger charge is 2.21. The molecule has 0 atom stereocenters. The molecule has 0 amide bonds. The Kier molecular flexibility index (Phi) is 11.6. The molecule has 0 aliphatic rings. The van der Waals surface area contributed by atoms with E-state index in [0.717, 1.165) is 54.6 Å². The second kappa shape index (κ2) is 15.3. The van der Waals surface area contributed by atoms with E-state index >= 15 is 0 Å². The molecule has 0 aromatic heterocycles. The molecule has 0 saturated heterocycles. The first kappa shape index (κ1) is 31.0. The number of benzene rings is 4. The van der Waals surface area contributed by atoms with Crippen LogP contribution in [0.15, 0.2) is 84.9 Å². The lowest BCUT2D eigenvalue weighted by molar-refractivity contribution is 0.107. The number of ether oxygens (including phenoxy) is 1. The van der Waals surface area contributed by atoms with Gasteiger partial charge in [0.05, 0.1) is 13.2 Å². The van der Waals surface area contributed by atoms with E-state index < -0.39 is 0 Å². The lowest BCUT2D eigenvalue weighted by Crippen LogP contribution is -2.41. The van der Waals surface area contributed by atoms with Crippen LogP contribution in [-0.2, 0) is 27.3 Å². The van der Waals surface area contributed by atoms with Gasteiger partial charge in [0.1, 0.15) is 0 Å². The molecule has 0 aliphatic heterocycles. The molecule has 4 aromatic carbocycles. The molecule has 9 heteroatoms. The fourth-order valence-electron chi connectivity index (χ4n) is 4.41. The van der Waals surface area contributed by atoms with Crippen molar-refractivity contribution in [2.75, 3.05) is 23.7 Å². The molecule has 0 bridgehead atoms. The maximum atomic E-state index is 6.18. The van der Waals surface area contributed by atoms with Gasteiger partial charge in [0, 0.05) is 34.6 Å². The lowest BCUT2D eigenvalue weighted by atomic mass is 9.73. The van der Waals surface area contributed by atoms with Crippen molar-refractivity contribution in [3.05, 3.63) is 117 Å². The summed E-state index contributed by atoms with van der Waals surface area (Å²) in [6.45, 7) is 10.2. The van der Waals surface area contributed by atoms with Crippen molar-refractivity contribution in [2.45, 2.75) is 40.9 Å². The molecule has 4 aromatic rings. The summed E-state index contributed by atoms with van der Waals surface area (Å²) in [5, 5.41) is 8.41. The topological polar surface area (TPSA) is 51.8 Å². The zero-order valence-corrected chi connectivity index (χ0v) is 25.6. The molecule has 0 unspecified atom stereocenters. The molecule has 5 nitrogen and oxygen atoms in total. The molecule has 212 valence electrons. The molecule has 0 heterocycles. The zero-order chi connectivity index (χ0) is 29.2. The summed E-state index contributed by atoms with van der Waals surface area (Å²) in [6, 6.07) is 28.4. The number of anilines is 2. The predicted molar refractivity (Wildman–Crippen MR) is 175 cm³/mol. The molecule has 41 heavy (non-hydrogen) atoms. The predicted octanol–water partition coefficient (Wildman–Crippen LogP) is 7.01. The molecular weight excluding hydrogens is 553 g/mol. The molecule has 0 radical (unpaired) electrons. The van der Waals surface area contributed by atoms with E-state index in [4.69, 9.17) is 37.2 Å². The largest absolute Gasteiger partial charge is 0.449 e. The van der Waals surface area contributed by atoms with Crippen molar-refractivity contribution in [3.8, 4) is 0 Å². The molecular formula is C32H36B2Cl2N2O3. The normalized spacial score (nSPS) is 10.9. The van der Waals surface area contributed by atoms with Gasteiger partial charge in [0.2, 0.25) is 0 Å². The SMILES string of the molecule is CCOB(Nc1ccc(Cl)c(C)c1)c1ccc(COCc2ccc(B(Nc3ccc(Cl)c(C)c3)OCC)cc2)cc1. The van der Waals surface area contributed by atoms with Crippen LogP contribution in [-0.4, -0.2) is 27.3 Å². The van der Waals surface area contributed by atoms with Crippen LogP contribution in [0, 0.1) is 13.8 Å². The minimum atomic E-state index is -0.257. The van der Waals surface area contributed by atoms with Crippen molar-refractivity contribution in [1.29, 1.82) is 0 Å². The Balaban J connectivity index is 1.31. The molecule has 0 fully saturated rings. The highest BCUT2D eigenvalue weighted by atomic mass is 35.5. The van der Waals surface area contributed by atoms with Gasteiger partial charge in [-0.15, -0.1) is 0 Å². The third-order valence-electron chi connectivity index (χ3n) is 6.68. The maximum absolute atomic E-state index is 6.18. The molecule has 0 spiro atoms. The van der Waals surface area contributed by atoms with Gasteiger partial charge >= 0.3 is 14.1 Å². The van der Waals surface area contributed by atoms with Crippen molar-refractivity contribution in [3.63, 3.8) is 0 Å². The van der Waals surface area contributed by atoms with Crippen molar-refractivity contribution in [2.24, 2.45) is 0 Å². The number of hydrogen-bond acceptors (Lipinski definition) is 5. The number of hydrogen-bond donors (Lipinski definition) is 2. The van der Waals surface area contributed by atoms with Crippen molar-refractivity contribution >= 4 is 59.6 Å². The lowest BCUT2D eigenvalue weighted by Gasteiger charge is -2.17. The van der Waals surface area contributed by atoms with E-state index in [-0.39, 0.29) is 14.1 Å². The third-order valence-corrected chi connectivity index (χ3v) is 7.53. The monoisotopic (exact) mass is 588 g/mol. The van der Waals surface area contributed by atoms with Crippen LogP contribution in [0.1, 0.15) is 36.1 Å². The quantitative estimate of drug-likeness (QED) is 0.155. The average molecular weight is 589 g/mol. The standard InChI is InChI=1S/C32H36B2Cl2N2O3/c1-5-40-33(37-29-15-17-31(35)23(3)19-29)27-11-7-25(8-12-27)21-39-22-26-9-13-28(14-10-26)34(41-6-2)38-30-16-18-32(36)24(4)20-30/h7-20,37-38H,5-6,21-22H2,1-4H3. The summed E-state index contributed by atoms with van der Waals surface area (Å²) < 4.78 is 18.0. The van der Waals surface area contributed by atoms with Gasteiger partial charge in [-0.05, 0) is 97.3 Å². The van der Waals surface area contributed by atoms with E-state index in [1.165, 1.54) is 0 Å². The minimum Gasteiger partial charge on any atom is -0.413 e. The first-order chi connectivity index (χ1) is 19.9. The van der Waals surface area contributed by atoms with E-state index in [1.807, 2.05) is 64.1 Å². The van der Waals surface area contributed by atoms with Crippen LogP contribution >= 0.6 is 23.2 Å². The maximum Gasteiger partial charge on any atom is 0.449 e. The van der Waals surface area contributed by atoms with Gasteiger partial charge < -0.3 is 24.5 Å². The molecule has 4 rings (SSSR count). The summed E-state index contributed by atoms with van der Waals surface area (Å²) in [5.74, 6) is 0. The summed E-state index contributed by atoms with van der Waals surface area (Å²) in [5.41, 5.74) is 8.26. The van der Waals surface area contributed by atoms with Crippen LogP contribution in [0.25, 0.3) is 0 Å². The highest BCUT2D eigenvalue weighted by molar-refractivity contribution is 6.71. The molecule has 2 N–H and O–H groups in total. The third kappa shape index (κ3) is 9.03. The van der Waals surface area contributed by atoms with Gasteiger partial charge in [-0.2, -0.15) is 0 Å². The summed E-state index contributed by atoms with van der Waals surface area (Å²) in [4.78, 5) is 0. The Bertz CT molecular complexity index is 1300.